The van der Waals surface area contributed by atoms with E-state index in [9.17, 15) is 9.59 Å². The molecule has 2 aliphatic rings. The van der Waals surface area contributed by atoms with Crippen molar-refractivity contribution in [3.8, 4) is 5.75 Å². The Balaban J connectivity index is 1.57. The number of hydrogen-bond donors (Lipinski definition) is 0. The van der Waals surface area contributed by atoms with E-state index in [1.54, 1.807) is 28.0 Å². The minimum Gasteiger partial charge on any atom is -0.485 e. The molecule has 0 N–H and O–H groups in total. The third-order valence-electron chi connectivity index (χ3n) is 4.56. The fourth-order valence-corrected chi connectivity index (χ4v) is 3.56. The van der Waals surface area contributed by atoms with Gasteiger partial charge in [0.15, 0.2) is 0 Å². The summed E-state index contributed by atoms with van der Waals surface area (Å²) >= 11 is 12.1. The Hall–Kier alpha value is -1.46. The van der Waals surface area contributed by atoms with E-state index in [1.807, 2.05) is 0 Å². The molecule has 2 saturated heterocycles. The minimum absolute atomic E-state index is 0.0157. The number of piperidine rings is 1. The molecule has 130 valence electrons. The van der Waals surface area contributed by atoms with Gasteiger partial charge in [-0.2, -0.15) is 0 Å². The first kappa shape index (κ1) is 17.4. The zero-order chi connectivity index (χ0) is 17.3. The van der Waals surface area contributed by atoms with Crippen LogP contribution in [0.2, 0.25) is 10.0 Å². The quantitative estimate of drug-likeness (QED) is 0.821. The van der Waals surface area contributed by atoms with Crippen molar-refractivity contribution in [2.75, 3.05) is 19.6 Å². The van der Waals surface area contributed by atoms with Crippen LogP contribution in [0.5, 0.6) is 5.75 Å². The third-order valence-corrected chi connectivity index (χ3v) is 5.36. The maximum atomic E-state index is 12.6. The number of likely N-dealkylation sites (tertiary alicyclic amines) is 2. The fourth-order valence-electron chi connectivity index (χ4n) is 3.22. The molecule has 7 heteroatoms. The molecule has 2 aliphatic heterocycles. The lowest BCUT2D eigenvalue weighted by atomic mass is 9.99. The van der Waals surface area contributed by atoms with E-state index < -0.39 is 0 Å². The Morgan fingerprint density at radius 2 is 1.96 bits per heavy atom. The average Bonchev–Trinajstić information content (AvgIpc) is 2.53. The number of benzene rings is 1. The molecule has 24 heavy (non-hydrogen) atoms. The first-order valence-electron chi connectivity index (χ1n) is 8.14. The Kier molecular flexibility index (Phi) is 5.21. The molecule has 2 heterocycles. The molecular weight excluding hydrogens is 351 g/mol. The van der Waals surface area contributed by atoms with Crippen molar-refractivity contribution < 1.29 is 14.3 Å². The first-order chi connectivity index (χ1) is 11.5. The molecule has 1 unspecified atom stereocenters. The predicted octanol–water partition coefficient (Wildman–Crippen LogP) is 2.98. The summed E-state index contributed by atoms with van der Waals surface area (Å²) in [7, 11) is 0. The SMILES string of the molecule is CC(=O)N1CCCCC1C(=O)N1CC(Oc2cccc(Cl)c2Cl)C1. The number of amides is 2. The van der Waals surface area contributed by atoms with E-state index in [0.717, 1.165) is 19.3 Å². The van der Waals surface area contributed by atoms with Crippen molar-refractivity contribution in [1.29, 1.82) is 0 Å². The molecule has 5 nitrogen and oxygen atoms in total. The standard InChI is InChI=1S/C17H20Cl2N2O3/c1-11(22)21-8-3-2-6-14(21)17(23)20-9-12(10-20)24-15-7-4-5-13(18)16(15)19/h4-5,7,12,14H,2-3,6,8-10H2,1H3. The van der Waals surface area contributed by atoms with E-state index in [4.69, 9.17) is 27.9 Å². The van der Waals surface area contributed by atoms with Crippen LogP contribution in [0.25, 0.3) is 0 Å². The Morgan fingerprint density at radius 3 is 2.67 bits per heavy atom. The van der Waals surface area contributed by atoms with E-state index in [2.05, 4.69) is 0 Å². The van der Waals surface area contributed by atoms with Crippen molar-refractivity contribution in [2.24, 2.45) is 0 Å². The van der Waals surface area contributed by atoms with Crippen LogP contribution in [-0.2, 0) is 9.59 Å². The normalized spacial score (nSPS) is 21.4. The Morgan fingerprint density at radius 1 is 1.21 bits per heavy atom. The highest BCUT2D eigenvalue weighted by atomic mass is 35.5. The van der Waals surface area contributed by atoms with Crippen molar-refractivity contribution in [2.45, 2.75) is 38.3 Å². The zero-order valence-electron chi connectivity index (χ0n) is 13.5. The Bertz CT molecular complexity index is 647. The Labute approximate surface area is 151 Å². The number of halogens is 2. The van der Waals surface area contributed by atoms with E-state index in [-0.39, 0.29) is 24.0 Å². The fraction of sp³-hybridized carbons (Fsp3) is 0.529. The van der Waals surface area contributed by atoms with Crippen molar-refractivity contribution in [3.63, 3.8) is 0 Å². The van der Waals surface area contributed by atoms with Gasteiger partial charge >= 0.3 is 0 Å². The summed E-state index contributed by atoms with van der Waals surface area (Å²) in [4.78, 5) is 27.8. The number of carbonyl (C=O) groups excluding carboxylic acids is 2. The van der Waals surface area contributed by atoms with Gasteiger partial charge in [-0.25, -0.2) is 0 Å². The third kappa shape index (κ3) is 3.47. The van der Waals surface area contributed by atoms with Crippen LogP contribution in [0.4, 0.5) is 0 Å². The van der Waals surface area contributed by atoms with Crippen LogP contribution < -0.4 is 4.74 Å². The molecule has 0 aromatic heterocycles. The summed E-state index contributed by atoms with van der Waals surface area (Å²) in [6.07, 6.45) is 2.58. The number of rotatable bonds is 3. The summed E-state index contributed by atoms with van der Waals surface area (Å²) in [5, 5.41) is 0.833. The van der Waals surface area contributed by atoms with Crippen molar-refractivity contribution in [3.05, 3.63) is 28.2 Å². The molecule has 2 amide bonds. The number of carbonyl (C=O) groups is 2. The molecule has 0 aliphatic carbocycles. The zero-order valence-corrected chi connectivity index (χ0v) is 15.0. The molecule has 0 saturated carbocycles. The topological polar surface area (TPSA) is 49.9 Å². The second kappa shape index (κ2) is 7.19. The van der Waals surface area contributed by atoms with Gasteiger partial charge in [0.25, 0.3) is 0 Å². The number of ether oxygens (including phenoxy) is 1. The van der Waals surface area contributed by atoms with E-state index >= 15 is 0 Å². The van der Waals surface area contributed by atoms with Gasteiger partial charge < -0.3 is 14.5 Å². The van der Waals surface area contributed by atoms with Crippen LogP contribution in [-0.4, -0.2) is 53.4 Å². The summed E-state index contributed by atoms with van der Waals surface area (Å²) in [6.45, 7) is 3.19. The molecule has 2 fully saturated rings. The summed E-state index contributed by atoms with van der Waals surface area (Å²) in [6, 6.07) is 4.91. The highest BCUT2D eigenvalue weighted by molar-refractivity contribution is 6.42. The molecule has 0 radical (unpaired) electrons. The molecular formula is C17H20Cl2N2O3. The van der Waals surface area contributed by atoms with Crippen LogP contribution in [0.1, 0.15) is 26.2 Å². The highest BCUT2D eigenvalue weighted by Crippen LogP contribution is 2.33. The van der Waals surface area contributed by atoms with Crippen LogP contribution in [0.15, 0.2) is 18.2 Å². The molecule has 1 aromatic rings. The van der Waals surface area contributed by atoms with Gasteiger partial charge in [0.05, 0.1) is 18.1 Å². The van der Waals surface area contributed by atoms with Crippen LogP contribution in [0, 0.1) is 0 Å². The molecule has 1 aromatic carbocycles. The van der Waals surface area contributed by atoms with Crippen molar-refractivity contribution in [1.82, 2.24) is 9.80 Å². The molecule has 1 atom stereocenters. The van der Waals surface area contributed by atoms with Crippen LogP contribution >= 0.6 is 23.2 Å². The van der Waals surface area contributed by atoms with Gasteiger partial charge in [0.2, 0.25) is 11.8 Å². The van der Waals surface area contributed by atoms with Crippen LogP contribution in [0.3, 0.4) is 0 Å². The number of hydrogen-bond acceptors (Lipinski definition) is 3. The maximum absolute atomic E-state index is 12.6. The minimum atomic E-state index is -0.327. The smallest absolute Gasteiger partial charge is 0.245 e. The molecule has 0 bridgehead atoms. The second-order valence-electron chi connectivity index (χ2n) is 6.26. The summed E-state index contributed by atoms with van der Waals surface area (Å²) in [5.41, 5.74) is 0. The van der Waals surface area contributed by atoms with Gasteiger partial charge in [-0.1, -0.05) is 29.3 Å². The lowest BCUT2D eigenvalue weighted by Crippen LogP contribution is -2.62. The van der Waals surface area contributed by atoms with E-state index in [1.165, 1.54) is 6.92 Å². The van der Waals surface area contributed by atoms with Gasteiger partial charge in [-0.15, -0.1) is 0 Å². The van der Waals surface area contributed by atoms with E-state index in [0.29, 0.717) is 35.4 Å². The van der Waals surface area contributed by atoms with Gasteiger partial charge in [-0.05, 0) is 31.4 Å². The lowest BCUT2D eigenvalue weighted by molar-refractivity contribution is -0.152. The van der Waals surface area contributed by atoms with Gasteiger partial charge in [0, 0.05) is 13.5 Å². The summed E-state index contributed by atoms with van der Waals surface area (Å²) in [5.74, 6) is 0.512. The van der Waals surface area contributed by atoms with Gasteiger partial charge in [-0.3, -0.25) is 9.59 Å². The second-order valence-corrected chi connectivity index (χ2v) is 7.04. The lowest BCUT2D eigenvalue weighted by Gasteiger charge is -2.43. The summed E-state index contributed by atoms with van der Waals surface area (Å²) < 4.78 is 5.81. The largest absolute Gasteiger partial charge is 0.485 e. The monoisotopic (exact) mass is 370 g/mol. The average molecular weight is 371 g/mol. The molecule has 3 rings (SSSR count). The first-order valence-corrected chi connectivity index (χ1v) is 8.89. The molecule has 0 spiro atoms. The van der Waals surface area contributed by atoms with Gasteiger partial charge in [0.1, 0.15) is 22.9 Å². The predicted molar refractivity (Wildman–Crippen MR) is 92.5 cm³/mol. The maximum Gasteiger partial charge on any atom is 0.245 e. The number of nitrogens with zero attached hydrogens (tertiary/aromatic N) is 2. The highest BCUT2D eigenvalue weighted by Gasteiger charge is 2.39. The van der Waals surface area contributed by atoms with Crippen molar-refractivity contribution >= 4 is 35.0 Å².